The van der Waals surface area contributed by atoms with Gasteiger partial charge in [0.15, 0.2) is 0 Å². The second kappa shape index (κ2) is 10.5. The molecule has 3 amide bonds. The van der Waals surface area contributed by atoms with E-state index in [2.05, 4.69) is 0 Å². The van der Waals surface area contributed by atoms with E-state index in [0.29, 0.717) is 55.4 Å². The molecule has 1 saturated carbocycles. The first-order chi connectivity index (χ1) is 16.0. The van der Waals surface area contributed by atoms with E-state index in [1.165, 1.54) is 25.7 Å². The van der Waals surface area contributed by atoms with Crippen LogP contribution in [0.15, 0.2) is 48.5 Å². The molecule has 1 aliphatic heterocycles. The highest BCUT2D eigenvalue weighted by Gasteiger charge is 2.27. The highest BCUT2D eigenvalue weighted by atomic mass is 16.5. The number of primary amides is 1. The molecule has 2 aliphatic rings. The van der Waals surface area contributed by atoms with Crippen molar-refractivity contribution in [3.63, 3.8) is 0 Å². The number of benzene rings is 2. The summed E-state index contributed by atoms with van der Waals surface area (Å²) >= 11 is 0. The van der Waals surface area contributed by atoms with E-state index in [-0.39, 0.29) is 18.4 Å². The molecule has 2 aromatic rings. The third-order valence-corrected chi connectivity index (χ3v) is 6.58. The topological polar surface area (TPSA) is 92.9 Å². The molecule has 0 radical (unpaired) electrons. The van der Waals surface area contributed by atoms with Crippen LogP contribution in [0.1, 0.15) is 58.4 Å². The molecule has 1 aliphatic carbocycles. The van der Waals surface area contributed by atoms with E-state index in [0.717, 1.165) is 5.56 Å². The van der Waals surface area contributed by atoms with E-state index >= 15 is 0 Å². The van der Waals surface area contributed by atoms with Crippen LogP contribution in [0.5, 0.6) is 5.75 Å². The number of para-hydroxylation sites is 1. The number of piperazine rings is 1. The van der Waals surface area contributed by atoms with Gasteiger partial charge in [0, 0.05) is 38.2 Å². The Kier molecular flexibility index (Phi) is 7.27. The molecule has 2 N–H and O–H groups in total. The van der Waals surface area contributed by atoms with Crippen LogP contribution < -0.4 is 10.5 Å². The van der Waals surface area contributed by atoms with Crippen molar-refractivity contribution in [3.8, 4) is 5.75 Å². The van der Waals surface area contributed by atoms with Crippen molar-refractivity contribution in [2.45, 2.75) is 38.7 Å². The predicted octanol–water partition coefficient (Wildman–Crippen LogP) is 3.23. The molecular formula is C26H31N3O4. The molecule has 33 heavy (non-hydrogen) atoms. The van der Waals surface area contributed by atoms with E-state index in [1.54, 1.807) is 30.3 Å². The van der Waals surface area contributed by atoms with Crippen molar-refractivity contribution < 1.29 is 19.1 Å². The van der Waals surface area contributed by atoms with Crippen LogP contribution >= 0.6 is 0 Å². The van der Waals surface area contributed by atoms with Crippen LogP contribution in [0.4, 0.5) is 0 Å². The quantitative estimate of drug-likeness (QED) is 0.702. The van der Waals surface area contributed by atoms with Gasteiger partial charge in [-0.15, -0.1) is 0 Å². The molecule has 2 fully saturated rings. The number of rotatable bonds is 7. The van der Waals surface area contributed by atoms with Gasteiger partial charge >= 0.3 is 0 Å². The summed E-state index contributed by atoms with van der Waals surface area (Å²) in [5.74, 6) is 0.592. The molecule has 2 aromatic carbocycles. The van der Waals surface area contributed by atoms with Gasteiger partial charge in [0.25, 0.3) is 11.8 Å². The number of carbonyl (C=O) groups excluding carboxylic acids is 3. The van der Waals surface area contributed by atoms with Crippen LogP contribution in [-0.2, 0) is 11.4 Å². The average molecular weight is 450 g/mol. The Morgan fingerprint density at radius 2 is 1.61 bits per heavy atom. The first kappa shape index (κ1) is 22.8. The zero-order valence-corrected chi connectivity index (χ0v) is 18.9. The lowest BCUT2D eigenvalue weighted by Crippen LogP contribution is -2.50. The van der Waals surface area contributed by atoms with Crippen LogP contribution in [-0.4, -0.2) is 53.7 Å². The number of carbonyl (C=O) groups is 3. The predicted molar refractivity (Wildman–Crippen MR) is 125 cm³/mol. The molecule has 7 nitrogen and oxygen atoms in total. The zero-order valence-electron chi connectivity index (χ0n) is 18.9. The number of ether oxygens (including phenoxy) is 1. The minimum atomic E-state index is -0.546. The van der Waals surface area contributed by atoms with Crippen molar-refractivity contribution in [3.05, 3.63) is 65.2 Å². The van der Waals surface area contributed by atoms with E-state index < -0.39 is 5.91 Å². The van der Waals surface area contributed by atoms with Gasteiger partial charge in [-0.1, -0.05) is 37.1 Å². The Hall–Kier alpha value is -3.35. The summed E-state index contributed by atoms with van der Waals surface area (Å²) in [6.45, 7) is 2.48. The summed E-state index contributed by atoms with van der Waals surface area (Å²) in [6, 6.07) is 14.1. The van der Waals surface area contributed by atoms with E-state index in [1.807, 2.05) is 28.0 Å². The van der Waals surface area contributed by atoms with Gasteiger partial charge in [0.2, 0.25) is 5.91 Å². The van der Waals surface area contributed by atoms with Crippen molar-refractivity contribution in [1.82, 2.24) is 9.80 Å². The minimum absolute atomic E-state index is 0.0442. The number of nitrogens with zero attached hydrogens (tertiary/aromatic N) is 2. The Balaban J connectivity index is 1.32. The summed E-state index contributed by atoms with van der Waals surface area (Å²) < 4.78 is 5.79. The number of nitrogens with two attached hydrogens (primary N) is 1. The molecule has 4 rings (SSSR count). The first-order valence-electron chi connectivity index (χ1n) is 11.7. The molecule has 7 heteroatoms. The highest BCUT2D eigenvalue weighted by molar-refractivity contribution is 5.95. The first-order valence-corrected chi connectivity index (χ1v) is 11.7. The second-order valence-corrected chi connectivity index (χ2v) is 8.88. The Bertz CT molecular complexity index is 1010. The number of hydrogen-bond donors (Lipinski definition) is 1. The van der Waals surface area contributed by atoms with Crippen LogP contribution in [0.3, 0.4) is 0 Å². The van der Waals surface area contributed by atoms with Crippen LogP contribution in [0.25, 0.3) is 0 Å². The molecule has 1 saturated heterocycles. The van der Waals surface area contributed by atoms with Crippen LogP contribution in [0.2, 0.25) is 0 Å². The summed E-state index contributed by atoms with van der Waals surface area (Å²) in [7, 11) is 0. The Labute approximate surface area is 194 Å². The second-order valence-electron chi connectivity index (χ2n) is 8.88. The summed E-state index contributed by atoms with van der Waals surface area (Å²) in [5.41, 5.74) is 7.14. The third-order valence-electron chi connectivity index (χ3n) is 6.58. The van der Waals surface area contributed by atoms with Crippen molar-refractivity contribution in [2.24, 2.45) is 11.7 Å². The van der Waals surface area contributed by atoms with E-state index in [4.69, 9.17) is 10.5 Å². The van der Waals surface area contributed by atoms with Gasteiger partial charge in [-0.2, -0.15) is 0 Å². The molecule has 0 unspecified atom stereocenters. The SMILES string of the molecule is NC(=O)c1ccccc1OCc1cccc(C(=O)N2CCN(C(=O)CC3CCCC3)CC2)c1. The Morgan fingerprint density at radius 1 is 0.909 bits per heavy atom. The fraction of sp³-hybridized carbons (Fsp3) is 0.423. The van der Waals surface area contributed by atoms with E-state index in [9.17, 15) is 14.4 Å². The maximum Gasteiger partial charge on any atom is 0.253 e. The molecule has 1 heterocycles. The molecule has 174 valence electrons. The molecule has 0 atom stereocenters. The smallest absolute Gasteiger partial charge is 0.253 e. The minimum Gasteiger partial charge on any atom is -0.488 e. The highest BCUT2D eigenvalue weighted by Crippen LogP contribution is 2.28. The van der Waals surface area contributed by atoms with Gasteiger partial charge < -0.3 is 20.3 Å². The lowest BCUT2D eigenvalue weighted by atomic mass is 10.0. The number of amides is 3. The summed E-state index contributed by atoms with van der Waals surface area (Å²) in [6.07, 6.45) is 5.45. The lowest BCUT2D eigenvalue weighted by molar-refractivity contribution is -0.133. The zero-order chi connectivity index (χ0) is 23.2. The normalized spacial score (nSPS) is 16.6. The monoisotopic (exact) mass is 449 g/mol. The molecule has 0 spiro atoms. The number of hydrogen-bond acceptors (Lipinski definition) is 4. The van der Waals surface area contributed by atoms with Crippen LogP contribution in [0, 0.1) is 5.92 Å². The largest absolute Gasteiger partial charge is 0.488 e. The van der Waals surface area contributed by atoms with Crippen molar-refractivity contribution >= 4 is 17.7 Å². The van der Waals surface area contributed by atoms with Gasteiger partial charge in [-0.25, -0.2) is 0 Å². The molecule has 0 bridgehead atoms. The maximum absolute atomic E-state index is 13.0. The van der Waals surface area contributed by atoms with Gasteiger partial charge in [-0.05, 0) is 48.6 Å². The molecule has 0 aromatic heterocycles. The Morgan fingerprint density at radius 3 is 2.33 bits per heavy atom. The van der Waals surface area contributed by atoms with Gasteiger partial charge in [-0.3, -0.25) is 14.4 Å². The van der Waals surface area contributed by atoms with Gasteiger partial charge in [0.1, 0.15) is 12.4 Å². The summed E-state index contributed by atoms with van der Waals surface area (Å²) in [4.78, 5) is 40.9. The average Bonchev–Trinajstić information content (AvgIpc) is 3.35. The standard InChI is InChI=1S/C26H31N3O4/c27-25(31)22-10-3-4-11-23(22)33-18-20-8-5-9-21(16-20)26(32)29-14-12-28(13-15-29)24(30)17-19-6-1-2-7-19/h3-5,8-11,16,19H,1-2,6-7,12-15,17-18H2,(H2,27,31). The lowest BCUT2D eigenvalue weighted by Gasteiger charge is -2.35. The molecular weight excluding hydrogens is 418 g/mol. The third kappa shape index (κ3) is 5.72. The maximum atomic E-state index is 13.0. The fourth-order valence-corrected chi connectivity index (χ4v) is 4.68. The fourth-order valence-electron chi connectivity index (χ4n) is 4.68. The van der Waals surface area contributed by atoms with Gasteiger partial charge in [0.05, 0.1) is 5.56 Å². The summed E-state index contributed by atoms with van der Waals surface area (Å²) in [5, 5.41) is 0. The van der Waals surface area contributed by atoms with Crippen molar-refractivity contribution in [1.29, 1.82) is 0 Å². The van der Waals surface area contributed by atoms with Crippen molar-refractivity contribution in [2.75, 3.05) is 26.2 Å².